The fourth-order valence-corrected chi connectivity index (χ4v) is 4.30. The van der Waals surface area contributed by atoms with Crippen molar-refractivity contribution in [2.24, 2.45) is 0 Å². The second kappa shape index (κ2) is 14.4. The summed E-state index contributed by atoms with van der Waals surface area (Å²) in [5.41, 5.74) is 1.45. The van der Waals surface area contributed by atoms with Crippen molar-refractivity contribution in [3.8, 4) is 17.2 Å². The minimum Gasteiger partial charge on any atom is -0.493 e. The molecule has 1 aromatic carbocycles. The fourth-order valence-electron chi connectivity index (χ4n) is 3.60. The van der Waals surface area contributed by atoms with Crippen LogP contribution in [-0.4, -0.2) is 78.5 Å². The maximum atomic E-state index is 12.5. The summed E-state index contributed by atoms with van der Waals surface area (Å²) in [5, 5.41) is 12.5. The Morgan fingerprint density at radius 3 is 2.47 bits per heavy atom. The largest absolute Gasteiger partial charge is 0.493 e. The zero-order valence-corrected chi connectivity index (χ0v) is 23.6. The van der Waals surface area contributed by atoms with Gasteiger partial charge in [0, 0.05) is 31.0 Å². The number of thioether (sulfide) groups is 1. The Labute approximate surface area is 227 Å². The lowest BCUT2D eigenvalue weighted by Crippen LogP contribution is -2.25. The van der Waals surface area contributed by atoms with Crippen LogP contribution >= 0.6 is 11.8 Å². The quantitative estimate of drug-likeness (QED) is 0.127. The number of fused-ring (bicyclic) bond motifs is 1. The molecule has 0 saturated carbocycles. The zero-order chi connectivity index (χ0) is 27.5. The first-order valence-corrected chi connectivity index (χ1v) is 13.3. The van der Waals surface area contributed by atoms with Crippen LogP contribution in [0.2, 0.25) is 0 Å². The summed E-state index contributed by atoms with van der Waals surface area (Å²) in [5.74, 6) is 2.01. The molecule has 0 aliphatic rings. The fraction of sp³-hybridized carbons (Fsp3) is 0.462. The van der Waals surface area contributed by atoms with Crippen LogP contribution in [-0.2, 0) is 16.1 Å². The van der Waals surface area contributed by atoms with Crippen LogP contribution in [0.15, 0.2) is 29.6 Å². The predicted molar refractivity (Wildman–Crippen MR) is 149 cm³/mol. The van der Waals surface area contributed by atoms with Crippen LogP contribution in [0.3, 0.4) is 0 Å². The summed E-state index contributed by atoms with van der Waals surface area (Å²) in [4.78, 5) is 21.9. The number of carbonyl (C=O) groups is 1. The van der Waals surface area contributed by atoms with Gasteiger partial charge in [-0.05, 0) is 30.7 Å². The number of carbonyl (C=O) groups excluding carboxylic acids is 1. The summed E-state index contributed by atoms with van der Waals surface area (Å²) >= 11 is 1.58. The lowest BCUT2D eigenvalue weighted by molar-refractivity contribution is -0.116. The Hall–Kier alpha value is -3.51. The van der Waals surface area contributed by atoms with Crippen LogP contribution < -0.4 is 24.8 Å². The molecule has 0 aliphatic carbocycles. The van der Waals surface area contributed by atoms with E-state index in [4.69, 9.17) is 23.9 Å². The number of aromatic nitrogens is 4. The molecule has 206 valence electrons. The van der Waals surface area contributed by atoms with Crippen LogP contribution in [0.25, 0.3) is 17.1 Å². The Bertz CT molecular complexity index is 1220. The zero-order valence-electron chi connectivity index (χ0n) is 22.7. The van der Waals surface area contributed by atoms with E-state index in [0.29, 0.717) is 66.2 Å². The molecule has 3 rings (SSSR count). The van der Waals surface area contributed by atoms with Crippen molar-refractivity contribution in [2.45, 2.75) is 37.7 Å². The van der Waals surface area contributed by atoms with E-state index in [1.807, 2.05) is 6.92 Å². The molecule has 0 fully saturated rings. The molecule has 38 heavy (non-hydrogen) atoms. The number of rotatable bonds is 15. The molecular formula is C26H36N6O5S. The average molecular weight is 545 g/mol. The highest BCUT2D eigenvalue weighted by Gasteiger charge is 2.15. The summed E-state index contributed by atoms with van der Waals surface area (Å²) in [6, 6.07) is 3.54. The van der Waals surface area contributed by atoms with E-state index < -0.39 is 0 Å². The van der Waals surface area contributed by atoms with Crippen LogP contribution in [0.5, 0.6) is 17.2 Å². The normalized spacial score (nSPS) is 11.3. The van der Waals surface area contributed by atoms with E-state index in [0.717, 1.165) is 16.8 Å². The van der Waals surface area contributed by atoms with E-state index in [2.05, 4.69) is 34.6 Å². The Kier molecular flexibility index (Phi) is 11.0. The molecule has 11 nitrogen and oxygen atoms in total. The second-order valence-electron chi connectivity index (χ2n) is 8.33. The number of hydrogen-bond acceptors (Lipinski definition) is 10. The number of hydrogen-bond donors (Lipinski definition) is 2. The smallest absolute Gasteiger partial charge is 0.244 e. The molecule has 2 N–H and O–H groups in total. The van der Waals surface area contributed by atoms with Gasteiger partial charge in [0.2, 0.25) is 11.7 Å². The number of benzene rings is 1. The van der Waals surface area contributed by atoms with Crippen molar-refractivity contribution >= 4 is 40.6 Å². The van der Waals surface area contributed by atoms with Gasteiger partial charge >= 0.3 is 0 Å². The Balaban J connectivity index is 1.67. The van der Waals surface area contributed by atoms with Gasteiger partial charge < -0.3 is 29.6 Å². The molecule has 1 amide bonds. The first-order valence-electron chi connectivity index (χ1n) is 12.4. The molecule has 0 saturated heterocycles. The van der Waals surface area contributed by atoms with Crippen molar-refractivity contribution in [3.63, 3.8) is 0 Å². The molecule has 12 heteroatoms. The minimum absolute atomic E-state index is 0.237. The molecule has 0 atom stereocenters. The maximum absolute atomic E-state index is 12.5. The second-order valence-corrected chi connectivity index (χ2v) is 9.88. The number of methoxy groups -OCH3 is 3. The molecule has 0 unspecified atom stereocenters. The van der Waals surface area contributed by atoms with Gasteiger partial charge in [0.05, 0.1) is 46.1 Å². The van der Waals surface area contributed by atoms with Gasteiger partial charge in [-0.1, -0.05) is 25.6 Å². The van der Waals surface area contributed by atoms with Gasteiger partial charge in [0.25, 0.3) is 0 Å². The third-order valence-corrected chi connectivity index (χ3v) is 6.16. The maximum Gasteiger partial charge on any atom is 0.244 e. The number of ether oxygens (including phenoxy) is 4. The van der Waals surface area contributed by atoms with Gasteiger partial charge in [0.15, 0.2) is 22.3 Å². The molecule has 2 aromatic heterocycles. The molecule has 2 heterocycles. The van der Waals surface area contributed by atoms with Gasteiger partial charge in [0.1, 0.15) is 5.82 Å². The van der Waals surface area contributed by atoms with Gasteiger partial charge in [-0.25, -0.2) is 14.6 Å². The van der Waals surface area contributed by atoms with E-state index in [1.165, 1.54) is 6.08 Å². The van der Waals surface area contributed by atoms with Gasteiger partial charge in [-0.3, -0.25) is 4.79 Å². The van der Waals surface area contributed by atoms with Crippen molar-refractivity contribution in [1.29, 1.82) is 0 Å². The van der Waals surface area contributed by atoms with E-state index in [1.54, 1.807) is 62.2 Å². The first-order chi connectivity index (χ1) is 18.4. The lowest BCUT2D eigenvalue weighted by atomic mass is 10.1. The number of nitrogens with one attached hydrogen (secondary N) is 2. The number of nitrogens with zero attached hydrogens (tertiary/aromatic N) is 4. The average Bonchev–Trinajstić information content (AvgIpc) is 3.31. The summed E-state index contributed by atoms with van der Waals surface area (Å²) in [7, 11) is 4.64. The van der Waals surface area contributed by atoms with Crippen molar-refractivity contribution in [1.82, 2.24) is 25.1 Å². The predicted octanol–water partition coefficient (Wildman–Crippen LogP) is 3.63. The molecule has 3 aromatic rings. The Morgan fingerprint density at radius 1 is 1.11 bits per heavy atom. The van der Waals surface area contributed by atoms with Gasteiger partial charge in [-0.15, -0.1) is 0 Å². The molecule has 0 spiro atoms. The van der Waals surface area contributed by atoms with Crippen molar-refractivity contribution in [3.05, 3.63) is 30.0 Å². The first kappa shape index (κ1) is 29.1. The molecule has 0 bridgehead atoms. The van der Waals surface area contributed by atoms with Crippen molar-refractivity contribution in [2.75, 3.05) is 52.9 Å². The molecule has 0 radical (unpaired) electrons. The van der Waals surface area contributed by atoms with E-state index in [-0.39, 0.29) is 5.91 Å². The number of amides is 1. The highest BCUT2D eigenvalue weighted by molar-refractivity contribution is 7.99. The highest BCUT2D eigenvalue weighted by atomic mass is 32.2. The third kappa shape index (κ3) is 7.75. The SMILES string of the molecule is CCOCCNc1nc(SC(C)C)nc2c1cnn2CCNC(=O)/C=C\c1cc(OC)c(OC)c(OC)c1. The van der Waals surface area contributed by atoms with Gasteiger partial charge in [-0.2, -0.15) is 5.10 Å². The third-order valence-electron chi connectivity index (χ3n) is 5.30. The monoisotopic (exact) mass is 544 g/mol. The van der Waals surface area contributed by atoms with Crippen LogP contribution in [0.1, 0.15) is 26.3 Å². The van der Waals surface area contributed by atoms with E-state index in [9.17, 15) is 4.79 Å². The standard InChI is InChI=1S/C26H36N6O5S/c1-7-37-13-11-28-24-19-16-29-32(25(19)31-26(30-24)38-17(2)3)12-10-27-22(33)9-8-18-14-20(34-4)23(36-6)21(15-18)35-5/h8-9,14-17H,7,10-13H2,1-6H3,(H,27,33)(H,28,30,31)/b9-8-. The summed E-state index contributed by atoms with van der Waals surface area (Å²) in [6.07, 6.45) is 4.89. The molecule has 0 aliphatic heterocycles. The molecular weight excluding hydrogens is 508 g/mol. The Morgan fingerprint density at radius 2 is 1.84 bits per heavy atom. The van der Waals surface area contributed by atoms with E-state index >= 15 is 0 Å². The van der Waals surface area contributed by atoms with Crippen molar-refractivity contribution < 1.29 is 23.7 Å². The summed E-state index contributed by atoms with van der Waals surface area (Å²) < 4.78 is 23.3. The summed E-state index contributed by atoms with van der Waals surface area (Å²) in [6.45, 7) is 8.86. The number of anilines is 1. The highest BCUT2D eigenvalue weighted by Crippen LogP contribution is 2.38. The van der Waals surface area contributed by atoms with Crippen LogP contribution in [0.4, 0.5) is 5.82 Å². The minimum atomic E-state index is -0.237. The topological polar surface area (TPSA) is 122 Å². The lowest BCUT2D eigenvalue weighted by Gasteiger charge is -2.12. The van der Waals surface area contributed by atoms with Crippen LogP contribution in [0, 0.1) is 0 Å².